The number of hydrogen-bond acceptors (Lipinski definition) is 6. The SMILES string of the molecule is CCn1c2ccc(CN(Cc3ccccc3B(O)O)[C@H](C)c3ccccc3)cc2c2cc(CN(Cc3ccccc3B(O)O)[C@H](C)c3ccccc3)ccc21. The minimum atomic E-state index is -1.54. The van der Waals surface area contributed by atoms with E-state index in [2.05, 4.69) is 120 Å². The summed E-state index contributed by atoms with van der Waals surface area (Å²) in [5, 5.41) is 43.2. The molecule has 0 bridgehead atoms. The zero-order chi connectivity index (χ0) is 38.5. The van der Waals surface area contributed by atoms with Crippen molar-refractivity contribution >= 4 is 47.0 Å². The molecule has 0 aliphatic rings. The molecular formula is C46H49B2N3O4. The lowest BCUT2D eigenvalue weighted by Crippen LogP contribution is -2.36. The maximum Gasteiger partial charge on any atom is 0.488 e. The Labute approximate surface area is 325 Å². The van der Waals surface area contributed by atoms with E-state index in [1.165, 1.54) is 44.1 Å². The molecule has 9 heteroatoms. The zero-order valence-corrected chi connectivity index (χ0v) is 31.8. The van der Waals surface area contributed by atoms with E-state index in [-0.39, 0.29) is 12.1 Å². The van der Waals surface area contributed by atoms with Gasteiger partial charge in [-0.3, -0.25) is 9.80 Å². The zero-order valence-electron chi connectivity index (χ0n) is 31.8. The van der Waals surface area contributed by atoms with Crippen LogP contribution in [0.3, 0.4) is 0 Å². The Hall–Kier alpha value is -4.99. The van der Waals surface area contributed by atoms with Crippen molar-refractivity contribution in [2.24, 2.45) is 0 Å². The van der Waals surface area contributed by atoms with Crippen LogP contribution < -0.4 is 10.9 Å². The van der Waals surface area contributed by atoms with Crippen molar-refractivity contribution in [1.29, 1.82) is 0 Å². The van der Waals surface area contributed by atoms with Gasteiger partial charge in [-0.2, -0.15) is 0 Å². The molecule has 4 N–H and O–H groups in total. The molecule has 0 spiro atoms. The fourth-order valence-electron chi connectivity index (χ4n) is 8.05. The fourth-order valence-corrected chi connectivity index (χ4v) is 8.05. The summed E-state index contributed by atoms with van der Waals surface area (Å²) < 4.78 is 2.38. The summed E-state index contributed by atoms with van der Waals surface area (Å²) >= 11 is 0. The molecule has 0 saturated carbocycles. The van der Waals surface area contributed by atoms with Crippen molar-refractivity contribution in [1.82, 2.24) is 14.4 Å². The van der Waals surface area contributed by atoms with E-state index in [1.54, 1.807) is 12.1 Å². The van der Waals surface area contributed by atoms with Crippen molar-refractivity contribution < 1.29 is 20.1 Å². The number of aryl methyl sites for hydroxylation is 1. The molecule has 2 atom stereocenters. The van der Waals surface area contributed by atoms with Crippen molar-refractivity contribution in [2.75, 3.05) is 0 Å². The Kier molecular flexibility index (Phi) is 12.0. The Morgan fingerprint density at radius 2 is 0.873 bits per heavy atom. The van der Waals surface area contributed by atoms with E-state index < -0.39 is 14.2 Å². The summed E-state index contributed by atoms with van der Waals surface area (Å²) in [5.74, 6) is 0. The third-order valence-corrected chi connectivity index (χ3v) is 11.2. The molecule has 55 heavy (non-hydrogen) atoms. The number of rotatable bonds is 15. The van der Waals surface area contributed by atoms with Crippen molar-refractivity contribution in [3.63, 3.8) is 0 Å². The second-order valence-electron chi connectivity index (χ2n) is 14.6. The van der Waals surface area contributed by atoms with Gasteiger partial charge in [-0.15, -0.1) is 0 Å². The first kappa shape index (κ1) is 38.3. The number of benzene rings is 6. The first-order valence-electron chi connectivity index (χ1n) is 19.2. The van der Waals surface area contributed by atoms with Crippen LogP contribution in [0.4, 0.5) is 0 Å². The molecule has 1 heterocycles. The van der Waals surface area contributed by atoms with Crippen LogP contribution in [0.15, 0.2) is 146 Å². The van der Waals surface area contributed by atoms with Crippen LogP contribution in [0, 0.1) is 0 Å². The molecule has 0 radical (unpaired) electrons. The van der Waals surface area contributed by atoms with Crippen LogP contribution in [0.1, 0.15) is 66.2 Å². The molecule has 0 fully saturated rings. The standard InChI is InChI=1S/C46H49B2N3O4/c1-4-51-45-25-23-35(29-49(33(2)37-15-7-5-8-16-37)31-39-19-11-13-21-43(39)47(52)53)27-41(45)42-28-36(24-26-46(42)51)30-50(34(3)38-17-9-6-10-18-38)32-40-20-12-14-22-44(40)48(54)55/h5-28,33-34,52-55H,4,29-32H2,1-3H3/t33-,34-/m1/s1. The van der Waals surface area contributed by atoms with Gasteiger partial charge in [-0.25, -0.2) is 0 Å². The number of aromatic nitrogens is 1. The van der Waals surface area contributed by atoms with Gasteiger partial charge in [0.2, 0.25) is 0 Å². The molecule has 1 aromatic heterocycles. The van der Waals surface area contributed by atoms with Crippen LogP contribution in [0.5, 0.6) is 0 Å². The van der Waals surface area contributed by atoms with E-state index in [9.17, 15) is 20.1 Å². The third-order valence-electron chi connectivity index (χ3n) is 11.2. The number of nitrogens with zero attached hydrogens (tertiary/aromatic N) is 3. The predicted octanol–water partition coefficient (Wildman–Crippen LogP) is 6.70. The van der Waals surface area contributed by atoms with Crippen LogP contribution >= 0.6 is 0 Å². The maximum atomic E-state index is 10.2. The molecule has 0 unspecified atom stereocenters. The summed E-state index contributed by atoms with van der Waals surface area (Å²) in [5.41, 5.74) is 9.95. The van der Waals surface area contributed by atoms with Crippen LogP contribution in [0.25, 0.3) is 21.8 Å². The highest BCUT2D eigenvalue weighted by Crippen LogP contribution is 2.34. The van der Waals surface area contributed by atoms with Gasteiger partial charge in [0.05, 0.1) is 0 Å². The monoisotopic (exact) mass is 729 g/mol. The highest BCUT2D eigenvalue weighted by atomic mass is 16.4. The van der Waals surface area contributed by atoms with Gasteiger partial charge in [0.25, 0.3) is 0 Å². The maximum absolute atomic E-state index is 10.2. The first-order valence-corrected chi connectivity index (χ1v) is 19.2. The molecule has 7 nitrogen and oxygen atoms in total. The van der Waals surface area contributed by atoms with Crippen molar-refractivity contribution in [2.45, 2.75) is 65.6 Å². The number of fused-ring (bicyclic) bond motifs is 3. The van der Waals surface area contributed by atoms with Gasteiger partial charge >= 0.3 is 14.2 Å². The van der Waals surface area contributed by atoms with E-state index in [0.29, 0.717) is 37.1 Å². The average Bonchev–Trinajstić information content (AvgIpc) is 3.52. The van der Waals surface area contributed by atoms with Gasteiger partial charge < -0.3 is 24.7 Å². The Morgan fingerprint density at radius 3 is 1.25 bits per heavy atom. The van der Waals surface area contributed by atoms with E-state index >= 15 is 0 Å². The van der Waals surface area contributed by atoms with E-state index in [4.69, 9.17) is 0 Å². The Balaban J connectivity index is 1.26. The van der Waals surface area contributed by atoms with Gasteiger partial charge in [0.15, 0.2) is 0 Å². The van der Waals surface area contributed by atoms with Crippen LogP contribution in [-0.4, -0.2) is 48.7 Å². The topological polar surface area (TPSA) is 92.3 Å². The lowest BCUT2D eigenvalue weighted by atomic mass is 9.77. The quantitative estimate of drug-likeness (QED) is 0.0879. The van der Waals surface area contributed by atoms with Gasteiger partial charge in [-0.1, -0.05) is 121 Å². The lowest BCUT2D eigenvalue weighted by molar-refractivity contribution is 0.192. The summed E-state index contributed by atoms with van der Waals surface area (Å²) in [6.07, 6.45) is 0. The minimum absolute atomic E-state index is 0.0686. The number of hydrogen-bond donors (Lipinski definition) is 4. The Bertz CT molecular complexity index is 2190. The molecule has 7 aromatic rings. The van der Waals surface area contributed by atoms with E-state index in [1.807, 2.05) is 48.5 Å². The highest BCUT2D eigenvalue weighted by Gasteiger charge is 2.24. The second kappa shape index (κ2) is 17.2. The van der Waals surface area contributed by atoms with Gasteiger partial charge in [-0.05, 0) is 89.3 Å². The van der Waals surface area contributed by atoms with E-state index in [0.717, 1.165) is 17.7 Å². The summed E-state index contributed by atoms with van der Waals surface area (Å²) in [6.45, 7) is 9.88. The van der Waals surface area contributed by atoms with Gasteiger partial charge in [0, 0.05) is 66.6 Å². The van der Waals surface area contributed by atoms with Crippen LogP contribution in [-0.2, 0) is 32.7 Å². The second-order valence-corrected chi connectivity index (χ2v) is 14.6. The summed E-state index contributed by atoms with van der Waals surface area (Å²) in [7, 11) is -3.09. The predicted molar refractivity (Wildman–Crippen MR) is 226 cm³/mol. The molecular weight excluding hydrogens is 680 g/mol. The molecule has 278 valence electrons. The summed E-state index contributed by atoms with van der Waals surface area (Å²) in [4.78, 5) is 4.79. The van der Waals surface area contributed by atoms with Gasteiger partial charge in [0.1, 0.15) is 0 Å². The average molecular weight is 730 g/mol. The molecule has 0 aliphatic carbocycles. The fraction of sp³-hybridized carbons (Fsp3) is 0.217. The van der Waals surface area contributed by atoms with Crippen molar-refractivity contribution in [3.8, 4) is 0 Å². The summed E-state index contributed by atoms with van der Waals surface area (Å²) in [6, 6.07) is 49.7. The molecule has 6 aromatic carbocycles. The van der Waals surface area contributed by atoms with Crippen molar-refractivity contribution in [3.05, 3.63) is 179 Å². The third kappa shape index (κ3) is 8.48. The molecule has 0 saturated heterocycles. The smallest absolute Gasteiger partial charge is 0.423 e. The molecule has 0 aliphatic heterocycles. The molecule has 0 amide bonds. The lowest BCUT2D eigenvalue weighted by Gasteiger charge is -2.31. The molecule has 7 rings (SSSR count). The Morgan fingerprint density at radius 1 is 0.491 bits per heavy atom. The van der Waals surface area contributed by atoms with Crippen LogP contribution in [0.2, 0.25) is 0 Å². The largest absolute Gasteiger partial charge is 0.488 e. The highest BCUT2D eigenvalue weighted by molar-refractivity contribution is 6.59. The normalized spacial score (nSPS) is 12.8. The minimum Gasteiger partial charge on any atom is -0.423 e. The first-order chi connectivity index (χ1) is 26.7.